The van der Waals surface area contributed by atoms with Crippen molar-refractivity contribution in [1.82, 2.24) is 0 Å². The highest BCUT2D eigenvalue weighted by atomic mass is 16.6. The number of hydrogen-bond donors (Lipinski definition) is 2. The zero-order chi connectivity index (χ0) is 17.7. The summed E-state index contributed by atoms with van der Waals surface area (Å²) in [7, 11) is 0. The van der Waals surface area contributed by atoms with Gasteiger partial charge in [0.25, 0.3) is 0 Å². The van der Waals surface area contributed by atoms with Gasteiger partial charge in [-0.3, -0.25) is 0 Å². The van der Waals surface area contributed by atoms with Gasteiger partial charge in [0.1, 0.15) is 0 Å². The van der Waals surface area contributed by atoms with E-state index >= 15 is 0 Å². The fourth-order valence-electron chi connectivity index (χ4n) is 1.54. The summed E-state index contributed by atoms with van der Waals surface area (Å²) in [5, 5.41) is 17.9. The number of aliphatic hydroxyl groups is 2. The zero-order valence-corrected chi connectivity index (χ0v) is 14.8. The molecular formula is C16H34O8. The van der Waals surface area contributed by atoms with E-state index in [1.54, 1.807) is 0 Å². The molecule has 0 bridgehead atoms. The van der Waals surface area contributed by atoms with Crippen LogP contribution in [0, 0.1) is 0 Å². The molecule has 1 unspecified atom stereocenters. The molecule has 146 valence electrons. The summed E-state index contributed by atoms with van der Waals surface area (Å²) in [4.78, 5) is 0. The third-order valence-electron chi connectivity index (χ3n) is 2.79. The van der Waals surface area contributed by atoms with E-state index in [0.717, 1.165) is 12.8 Å². The van der Waals surface area contributed by atoms with Crippen molar-refractivity contribution in [2.24, 2.45) is 0 Å². The topological polar surface area (TPSA) is 95.8 Å². The van der Waals surface area contributed by atoms with Gasteiger partial charge in [-0.25, -0.2) is 0 Å². The number of unbranched alkanes of at least 4 members (excludes halogenated alkanes) is 1. The van der Waals surface area contributed by atoms with Crippen molar-refractivity contribution in [2.45, 2.75) is 26.1 Å². The van der Waals surface area contributed by atoms with Gasteiger partial charge >= 0.3 is 0 Å². The summed E-state index contributed by atoms with van der Waals surface area (Å²) in [5.41, 5.74) is 0. The molecule has 0 amide bonds. The molecular weight excluding hydrogens is 320 g/mol. The molecule has 0 radical (unpaired) electrons. The number of rotatable bonds is 20. The van der Waals surface area contributed by atoms with Crippen molar-refractivity contribution in [3.8, 4) is 0 Å². The lowest BCUT2D eigenvalue weighted by molar-refractivity contribution is -0.141. The highest BCUT2D eigenvalue weighted by molar-refractivity contribution is 4.40. The Kier molecular flexibility index (Phi) is 20.4. The lowest BCUT2D eigenvalue weighted by atomic mass is 10.4. The molecule has 0 rings (SSSR count). The maximum atomic E-state index is 9.44. The van der Waals surface area contributed by atoms with Crippen LogP contribution in [0.1, 0.15) is 19.8 Å². The van der Waals surface area contributed by atoms with E-state index < -0.39 is 6.29 Å². The van der Waals surface area contributed by atoms with E-state index in [-0.39, 0.29) is 13.2 Å². The molecule has 0 aromatic carbocycles. The summed E-state index contributed by atoms with van der Waals surface area (Å²) in [6, 6.07) is 0. The van der Waals surface area contributed by atoms with E-state index in [1.807, 2.05) is 0 Å². The maximum Gasteiger partial charge on any atom is 0.178 e. The summed E-state index contributed by atoms with van der Waals surface area (Å²) < 4.78 is 31.3. The van der Waals surface area contributed by atoms with E-state index in [2.05, 4.69) is 6.92 Å². The third-order valence-corrected chi connectivity index (χ3v) is 2.79. The average molecular weight is 354 g/mol. The summed E-state index contributed by atoms with van der Waals surface area (Å²) in [5.74, 6) is 0. The van der Waals surface area contributed by atoms with Crippen molar-refractivity contribution in [1.29, 1.82) is 0 Å². The molecule has 0 spiro atoms. The Hall–Kier alpha value is -0.320. The van der Waals surface area contributed by atoms with Gasteiger partial charge in [-0.2, -0.15) is 0 Å². The van der Waals surface area contributed by atoms with Gasteiger partial charge in [-0.1, -0.05) is 13.3 Å². The second-order valence-corrected chi connectivity index (χ2v) is 4.93. The van der Waals surface area contributed by atoms with E-state index in [1.165, 1.54) is 0 Å². The van der Waals surface area contributed by atoms with Crippen LogP contribution in [0.15, 0.2) is 0 Å². The normalized spacial score (nSPS) is 12.6. The van der Waals surface area contributed by atoms with Gasteiger partial charge < -0.3 is 38.6 Å². The smallest absolute Gasteiger partial charge is 0.178 e. The van der Waals surface area contributed by atoms with E-state index in [9.17, 15) is 5.11 Å². The number of hydrogen-bond acceptors (Lipinski definition) is 8. The molecule has 0 aliphatic rings. The second-order valence-electron chi connectivity index (χ2n) is 4.93. The fraction of sp³-hybridized carbons (Fsp3) is 1.00. The predicted molar refractivity (Wildman–Crippen MR) is 88.0 cm³/mol. The summed E-state index contributed by atoms with van der Waals surface area (Å²) in [6.45, 7) is 6.94. The molecule has 0 aromatic heterocycles. The van der Waals surface area contributed by atoms with E-state index in [4.69, 9.17) is 33.5 Å². The molecule has 0 aliphatic carbocycles. The highest BCUT2D eigenvalue weighted by Crippen LogP contribution is 1.93. The van der Waals surface area contributed by atoms with Crippen molar-refractivity contribution >= 4 is 0 Å². The molecule has 2 N–H and O–H groups in total. The van der Waals surface area contributed by atoms with Crippen LogP contribution in [0.25, 0.3) is 0 Å². The van der Waals surface area contributed by atoms with Crippen LogP contribution in [-0.2, 0) is 28.4 Å². The van der Waals surface area contributed by atoms with Crippen molar-refractivity contribution in [2.75, 3.05) is 79.3 Å². The van der Waals surface area contributed by atoms with Crippen LogP contribution in [0.2, 0.25) is 0 Å². The van der Waals surface area contributed by atoms with Crippen molar-refractivity contribution in [3.05, 3.63) is 0 Å². The van der Waals surface area contributed by atoms with Crippen LogP contribution in [-0.4, -0.2) is 95.8 Å². The lowest BCUT2D eigenvalue weighted by Crippen LogP contribution is -2.21. The molecule has 8 nitrogen and oxygen atoms in total. The second kappa shape index (κ2) is 20.7. The Bertz CT molecular complexity index is 230. The minimum absolute atomic E-state index is 0.0292. The van der Waals surface area contributed by atoms with Crippen molar-refractivity contribution < 1.29 is 38.6 Å². The molecule has 0 heterocycles. The molecule has 1 atom stereocenters. The SMILES string of the molecule is CCCCOC(O)COCCOCCOCCOCCOCCO. The number of aliphatic hydroxyl groups excluding tert-OH is 2. The fourth-order valence-corrected chi connectivity index (χ4v) is 1.54. The van der Waals surface area contributed by atoms with Crippen LogP contribution >= 0.6 is 0 Å². The van der Waals surface area contributed by atoms with Crippen LogP contribution in [0.4, 0.5) is 0 Å². The van der Waals surface area contributed by atoms with Crippen LogP contribution in [0.5, 0.6) is 0 Å². The largest absolute Gasteiger partial charge is 0.394 e. The predicted octanol–water partition coefficient (Wildman–Crippen LogP) is 0.197. The molecule has 0 aromatic rings. The Morgan fingerprint density at radius 2 is 1.12 bits per heavy atom. The standard InChI is InChI=1S/C16H34O8/c1-2-3-5-24-16(18)15-23-14-13-22-12-11-21-10-9-20-8-7-19-6-4-17/h16-18H,2-15H2,1H3. The van der Waals surface area contributed by atoms with Gasteiger partial charge in [0.15, 0.2) is 6.29 Å². The molecule has 24 heavy (non-hydrogen) atoms. The quantitative estimate of drug-likeness (QED) is 0.236. The minimum atomic E-state index is -0.867. The Balaban J connectivity index is 3.05. The monoisotopic (exact) mass is 354 g/mol. The average Bonchev–Trinajstić information content (AvgIpc) is 2.58. The molecule has 8 heteroatoms. The van der Waals surface area contributed by atoms with E-state index in [0.29, 0.717) is 66.1 Å². The molecule has 0 saturated heterocycles. The first-order chi connectivity index (χ1) is 11.8. The lowest BCUT2D eigenvalue weighted by Gasteiger charge is -2.12. The zero-order valence-electron chi connectivity index (χ0n) is 14.8. The first-order valence-electron chi connectivity index (χ1n) is 8.60. The van der Waals surface area contributed by atoms with Crippen LogP contribution in [0.3, 0.4) is 0 Å². The van der Waals surface area contributed by atoms with Crippen molar-refractivity contribution in [3.63, 3.8) is 0 Å². The first-order valence-corrected chi connectivity index (χ1v) is 8.60. The van der Waals surface area contributed by atoms with Gasteiger partial charge in [0.05, 0.1) is 72.7 Å². The Labute approximate surface area is 144 Å². The first kappa shape index (κ1) is 23.7. The van der Waals surface area contributed by atoms with Gasteiger partial charge in [-0.05, 0) is 6.42 Å². The summed E-state index contributed by atoms with van der Waals surface area (Å²) >= 11 is 0. The summed E-state index contributed by atoms with van der Waals surface area (Å²) in [6.07, 6.45) is 1.10. The third kappa shape index (κ3) is 19.7. The highest BCUT2D eigenvalue weighted by Gasteiger charge is 2.03. The van der Waals surface area contributed by atoms with Gasteiger partial charge in [0, 0.05) is 6.61 Å². The molecule has 0 saturated carbocycles. The van der Waals surface area contributed by atoms with Gasteiger partial charge in [0.2, 0.25) is 0 Å². The van der Waals surface area contributed by atoms with Crippen LogP contribution < -0.4 is 0 Å². The Morgan fingerprint density at radius 1 is 0.667 bits per heavy atom. The Morgan fingerprint density at radius 3 is 1.58 bits per heavy atom. The molecule has 0 fully saturated rings. The number of ether oxygens (including phenoxy) is 6. The van der Waals surface area contributed by atoms with Gasteiger partial charge in [-0.15, -0.1) is 0 Å². The maximum absolute atomic E-state index is 9.44. The molecule has 0 aliphatic heterocycles. The minimum Gasteiger partial charge on any atom is -0.394 e.